The van der Waals surface area contributed by atoms with Gasteiger partial charge in [0, 0.05) is 18.8 Å². The molecule has 0 aromatic heterocycles. The van der Waals surface area contributed by atoms with Crippen LogP contribution in [-0.4, -0.2) is 61.5 Å². The van der Waals surface area contributed by atoms with E-state index >= 15 is 0 Å². The summed E-state index contributed by atoms with van der Waals surface area (Å²) in [7, 11) is -0.437. The summed E-state index contributed by atoms with van der Waals surface area (Å²) >= 11 is 0. The van der Waals surface area contributed by atoms with Crippen molar-refractivity contribution in [1.82, 2.24) is 4.90 Å². The second-order valence-corrected chi connectivity index (χ2v) is 8.03. The highest BCUT2D eigenvalue weighted by Crippen LogP contribution is 2.36. The molecule has 1 aromatic carbocycles. The smallest absolute Gasteiger partial charge is 0.399 e. The van der Waals surface area contributed by atoms with Crippen LogP contribution in [-0.2, 0) is 18.8 Å². The number of ether oxygens (including phenoxy) is 1. The summed E-state index contributed by atoms with van der Waals surface area (Å²) in [5.74, 6) is -0.0158. The molecule has 1 atom stereocenters. The van der Waals surface area contributed by atoms with Crippen LogP contribution in [0, 0.1) is 0 Å². The van der Waals surface area contributed by atoms with Gasteiger partial charge in [0.1, 0.15) is 0 Å². The number of hydrogen-bond acceptors (Lipinski definition) is 5. The summed E-state index contributed by atoms with van der Waals surface area (Å²) in [4.78, 5) is 14.7. The van der Waals surface area contributed by atoms with E-state index in [9.17, 15) is 4.79 Å². The van der Waals surface area contributed by atoms with Crippen molar-refractivity contribution in [1.29, 1.82) is 0 Å². The van der Waals surface area contributed by atoms with Crippen molar-refractivity contribution in [2.75, 3.05) is 31.6 Å². The Morgan fingerprint density at radius 1 is 1.15 bits per heavy atom. The molecule has 0 saturated carbocycles. The topological polar surface area (TPSA) is 60.0 Å². The number of nitrogens with zero attached hydrogens (tertiary/aromatic N) is 1. The SMILES string of the molecule is CC(C(=O)Nc1cccc(B2OC(C)(C)C(C)(C)O2)c1)N1CCOCC1. The van der Waals surface area contributed by atoms with Crippen molar-refractivity contribution in [3.05, 3.63) is 24.3 Å². The Hall–Kier alpha value is -1.41. The number of nitrogens with one attached hydrogen (secondary N) is 1. The Labute approximate surface area is 156 Å². The summed E-state index contributed by atoms with van der Waals surface area (Å²) in [6, 6.07) is 7.49. The van der Waals surface area contributed by atoms with Gasteiger partial charge >= 0.3 is 7.12 Å². The molecule has 0 aliphatic carbocycles. The molecule has 1 unspecified atom stereocenters. The average Bonchev–Trinajstić information content (AvgIpc) is 2.83. The monoisotopic (exact) mass is 360 g/mol. The van der Waals surface area contributed by atoms with Gasteiger partial charge in [-0.2, -0.15) is 0 Å². The lowest BCUT2D eigenvalue weighted by Gasteiger charge is -2.32. The Kier molecular flexibility index (Phi) is 5.44. The maximum atomic E-state index is 12.6. The molecular weight excluding hydrogens is 331 g/mol. The molecule has 0 bridgehead atoms. The van der Waals surface area contributed by atoms with E-state index in [4.69, 9.17) is 14.0 Å². The van der Waals surface area contributed by atoms with E-state index in [1.54, 1.807) is 0 Å². The summed E-state index contributed by atoms with van der Waals surface area (Å²) in [5.41, 5.74) is 0.881. The molecule has 142 valence electrons. The number of anilines is 1. The van der Waals surface area contributed by atoms with Crippen LogP contribution in [0.25, 0.3) is 0 Å². The Morgan fingerprint density at radius 2 is 1.77 bits per heavy atom. The highest BCUT2D eigenvalue weighted by atomic mass is 16.7. The Bertz CT molecular complexity index is 643. The molecule has 2 aliphatic heterocycles. The first kappa shape index (κ1) is 19.4. The zero-order valence-corrected chi connectivity index (χ0v) is 16.4. The third-order valence-corrected chi connectivity index (χ3v) is 5.65. The van der Waals surface area contributed by atoms with Crippen LogP contribution in [0.2, 0.25) is 0 Å². The molecule has 1 amide bonds. The molecule has 2 saturated heterocycles. The number of rotatable bonds is 4. The summed E-state index contributed by atoms with van der Waals surface area (Å²) in [5, 5.41) is 3.01. The summed E-state index contributed by atoms with van der Waals surface area (Å²) < 4.78 is 17.5. The first-order chi connectivity index (χ1) is 12.2. The number of morpholine rings is 1. The molecule has 2 aliphatic rings. The summed E-state index contributed by atoms with van der Waals surface area (Å²) in [6.45, 7) is 13.0. The predicted octanol–water partition coefficient (Wildman–Crippen LogP) is 1.65. The van der Waals surface area contributed by atoms with Crippen molar-refractivity contribution in [2.45, 2.75) is 51.9 Å². The van der Waals surface area contributed by atoms with Gasteiger partial charge in [-0.3, -0.25) is 9.69 Å². The maximum Gasteiger partial charge on any atom is 0.494 e. The Balaban J connectivity index is 1.67. The zero-order valence-electron chi connectivity index (χ0n) is 16.4. The number of hydrogen-bond donors (Lipinski definition) is 1. The van der Waals surface area contributed by atoms with Crippen LogP contribution in [0.5, 0.6) is 0 Å². The molecule has 2 heterocycles. The maximum absolute atomic E-state index is 12.6. The lowest BCUT2D eigenvalue weighted by atomic mass is 9.79. The zero-order chi connectivity index (χ0) is 18.9. The van der Waals surface area contributed by atoms with Crippen LogP contribution >= 0.6 is 0 Å². The minimum absolute atomic E-state index is 0.0158. The van der Waals surface area contributed by atoms with E-state index in [0.29, 0.717) is 13.2 Å². The van der Waals surface area contributed by atoms with E-state index in [1.807, 2.05) is 58.9 Å². The average molecular weight is 360 g/mol. The quantitative estimate of drug-likeness (QED) is 0.828. The van der Waals surface area contributed by atoms with E-state index in [0.717, 1.165) is 24.2 Å². The van der Waals surface area contributed by atoms with Crippen molar-refractivity contribution in [3.63, 3.8) is 0 Å². The minimum atomic E-state index is -0.437. The molecule has 7 heteroatoms. The molecule has 1 N–H and O–H groups in total. The highest BCUT2D eigenvalue weighted by molar-refractivity contribution is 6.62. The fraction of sp³-hybridized carbons (Fsp3) is 0.632. The molecule has 0 radical (unpaired) electrons. The van der Waals surface area contributed by atoms with Gasteiger partial charge in [0.15, 0.2) is 0 Å². The van der Waals surface area contributed by atoms with Crippen LogP contribution in [0.15, 0.2) is 24.3 Å². The number of benzene rings is 1. The molecule has 1 aromatic rings. The van der Waals surface area contributed by atoms with E-state index in [-0.39, 0.29) is 23.2 Å². The van der Waals surface area contributed by atoms with Gasteiger partial charge in [0.05, 0.1) is 30.5 Å². The van der Waals surface area contributed by atoms with Gasteiger partial charge in [-0.1, -0.05) is 12.1 Å². The number of carbonyl (C=O) groups is 1. The van der Waals surface area contributed by atoms with Crippen LogP contribution < -0.4 is 10.8 Å². The second-order valence-electron chi connectivity index (χ2n) is 8.03. The fourth-order valence-electron chi connectivity index (χ4n) is 3.12. The lowest BCUT2D eigenvalue weighted by Crippen LogP contribution is -2.47. The molecule has 3 rings (SSSR count). The number of amides is 1. The van der Waals surface area contributed by atoms with Crippen LogP contribution in [0.1, 0.15) is 34.6 Å². The third kappa shape index (κ3) is 3.96. The third-order valence-electron chi connectivity index (χ3n) is 5.65. The number of carbonyl (C=O) groups excluding carboxylic acids is 1. The first-order valence-electron chi connectivity index (χ1n) is 9.28. The van der Waals surface area contributed by atoms with E-state index < -0.39 is 7.12 Å². The van der Waals surface area contributed by atoms with Crippen LogP contribution in [0.3, 0.4) is 0 Å². The van der Waals surface area contributed by atoms with E-state index in [2.05, 4.69) is 10.2 Å². The summed E-state index contributed by atoms with van der Waals surface area (Å²) in [6.07, 6.45) is 0. The highest BCUT2D eigenvalue weighted by Gasteiger charge is 2.51. The minimum Gasteiger partial charge on any atom is -0.399 e. The fourth-order valence-corrected chi connectivity index (χ4v) is 3.12. The lowest BCUT2D eigenvalue weighted by molar-refractivity contribution is -0.122. The molecular formula is C19H29BN2O4. The van der Waals surface area contributed by atoms with Gasteiger partial charge in [-0.15, -0.1) is 0 Å². The van der Waals surface area contributed by atoms with Crippen LogP contribution in [0.4, 0.5) is 5.69 Å². The van der Waals surface area contributed by atoms with Crippen molar-refractivity contribution < 1.29 is 18.8 Å². The first-order valence-corrected chi connectivity index (χ1v) is 9.28. The predicted molar refractivity (Wildman–Crippen MR) is 103 cm³/mol. The van der Waals surface area contributed by atoms with Gasteiger partial charge in [-0.25, -0.2) is 0 Å². The van der Waals surface area contributed by atoms with Gasteiger partial charge in [0.25, 0.3) is 0 Å². The standard InChI is InChI=1S/C19H29BN2O4/c1-14(22-9-11-24-12-10-22)17(23)21-16-8-6-7-15(13-16)20-25-18(2,3)19(4,5)26-20/h6-8,13-14H,9-12H2,1-5H3,(H,21,23). The van der Waals surface area contributed by atoms with Gasteiger partial charge in [0.2, 0.25) is 5.91 Å². The van der Waals surface area contributed by atoms with Gasteiger partial charge in [-0.05, 0) is 52.2 Å². The molecule has 26 heavy (non-hydrogen) atoms. The van der Waals surface area contributed by atoms with Crippen molar-refractivity contribution >= 4 is 24.2 Å². The largest absolute Gasteiger partial charge is 0.494 e. The van der Waals surface area contributed by atoms with Gasteiger partial charge < -0.3 is 19.4 Å². The van der Waals surface area contributed by atoms with E-state index in [1.165, 1.54) is 0 Å². The van der Waals surface area contributed by atoms with Crippen molar-refractivity contribution in [2.24, 2.45) is 0 Å². The second kappa shape index (κ2) is 7.31. The molecule has 0 spiro atoms. The molecule has 2 fully saturated rings. The normalized spacial score (nSPS) is 23.7. The van der Waals surface area contributed by atoms with Crippen molar-refractivity contribution in [3.8, 4) is 0 Å². The molecule has 6 nitrogen and oxygen atoms in total. The Morgan fingerprint density at radius 3 is 2.38 bits per heavy atom.